The second-order valence-corrected chi connectivity index (χ2v) is 4.70. The van der Waals surface area contributed by atoms with E-state index >= 15 is 0 Å². The van der Waals surface area contributed by atoms with Gasteiger partial charge in [-0.15, -0.1) is 0 Å². The average molecular weight is 262 g/mol. The van der Waals surface area contributed by atoms with E-state index in [-0.39, 0.29) is 0 Å². The highest BCUT2D eigenvalue weighted by Crippen LogP contribution is 2.21. The first-order chi connectivity index (χ1) is 8.85. The van der Waals surface area contributed by atoms with Crippen molar-refractivity contribution in [1.82, 2.24) is 9.97 Å². The predicted molar refractivity (Wildman–Crippen MR) is 77.2 cm³/mol. The zero-order chi connectivity index (χ0) is 12.8. The van der Waals surface area contributed by atoms with Gasteiger partial charge in [0, 0.05) is 18.7 Å². The molecule has 2 rings (SSSR count). The van der Waals surface area contributed by atoms with Crippen molar-refractivity contribution in [1.29, 1.82) is 0 Å². The van der Waals surface area contributed by atoms with Gasteiger partial charge in [-0.3, -0.25) is 0 Å². The van der Waals surface area contributed by atoms with E-state index in [1.807, 2.05) is 0 Å². The van der Waals surface area contributed by atoms with Crippen LogP contribution in [0, 0.1) is 0 Å². The van der Waals surface area contributed by atoms with Crippen molar-refractivity contribution < 1.29 is 0 Å². The van der Waals surface area contributed by atoms with Crippen LogP contribution in [0.25, 0.3) is 0 Å². The molecule has 2 aromatic rings. The van der Waals surface area contributed by atoms with Crippen molar-refractivity contribution >= 4 is 23.0 Å². The summed E-state index contributed by atoms with van der Waals surface area (Å²) in [7, 11) is 0. The predicted octanol–water partition coefficient (Wildman–Crippen LogP) is 3.14. The summed E-state index contributed by atoms with van der Waals surface area (Å²) in [5, 5.41) is 10.9. The number of hydrogen-bond acceptors (Lipinski definition) is 5. The van der Waals surface area contributed by atoms with Crippen LogP contribution in [-0.4, -0.2) is 16.5 Å². The van der Waals surface area contributed by atoms with Gasteiger partial charge < -0.3 is 10.6 Å². The fourth-order valence-electron chi connectivity index (χ4n) is 1.80. The molecule has 96 valence electrons. The lowest BCUT2D eigenvalue weighted by Crippen LogP contribution is -2.09. The van der Waals surface area contributed by atoms with E-state index in [1.165, 1.54) is 5.56 Å². The molecule has 0 aliphatic heterocycles. The van der Waals surface area contributed by atoms with Crippen molar-refractivity contribution in [2.45, 2.75) is 26.8 Å². The highest BCUT2D eigenvalue weighted by molar-refractivity contribution is 7.07. The van der Waals surface area contributed by atoms with E-state index in [2.05, 4.69) is 51.3 Å². The lowest BCUT2D eigenvalue weighted by atomic mass is 10.2. The van der Waals surface area contributed by atoms with E-state index in [0.717, 1.165) is 36.7 Å². The summed E-state index contributed by atoms with van der Waals surface area (Å²) < 4.78 is 0. The summed E-state index contributed by atoms with van der Waals surface area (Å²) in [4.78, 5) is 8.62. The molecule has 0 aliphatic rings. The summed E-state index contributed by atoms with van der Waals surface area (Å²) in [6.07, 6.45) is 2.52. The molecule has 0 saturated carbocycles. The topological polar surface area (TPSA) is 49.8 Å². The highest BCUT2D eigenvalue weighted by atomic mass is 32.1. The lowest BCUT2D eigenvalue weighted by Gasteiger charge is -2.13. The third kappa shape index (κ3) is 2.98. The van der Waals surface area contributed by atoms with Crippen LogP contribution in [-0.2, 0) is 13.0 Å². The monoisotopic (exact) mass is 262 g/mol. The molecule has 0 aromatic carbocycles. The van der Waals surface area contributed by atoms with Gasteiger partial charge in [-0.05, 0) is 35.7 Å². The Morgan fingerprint density at radius 1 is 1.17 bits per heavy atom. The van der Waals surface area contributed by atoms with Crippen molar-refractivity contribution in [2.24, 2.45) is 0 Å². The molecule has 0 bridgehead atoms. The fourth-order valence-corrected chi connectivity index (χ4v) is 2.47. The molecule has 0 aliphatic carbocycles. The molecule has 0 fully saturated rings. The van der Waals surface area contributed by atoms with Crippen molar-refractivity contribution in [3.05, 3.63) is 34.3 Å². The Morgan fingerprint density at radius 2 is 1.94 bits per heavy atom. The molecule has 2 heterocycles. The normalized spacial score (nSPS) is 10.3. The Morgan fingerprint density at radius 3 is 2.56 bits per heavy atom. The number of nitrogens with zero attached hydrogens (tertiary/aromatic N) is 2. The first-order valence-corrected chi connectivity index (χ1v) is 7.12. The van der Waals surface area contributed by atoms with E-state index in [9.17, 15) is 0 Å². The minimum Gasteiger partial charge on any atom is -0.370 e. The third-order valence-corrected chi connectivity index (χ3v) is 3.42. The largest absolute Gasteiger partial charge is 0.370 e. The van der Waals surface area contributed by atoms with E-state index in [1.54, 1.807) is 17.7 Å². The van der Waals surface area contributed by atoms with E-state index in [4.69, 9.17) is 0 Å². The molecule has 0 atom stereocenters. The van der Waals surface area contributed by atoms with Gasteiger partial charge in [0.2, 0.25) is 0 Å². The zero-order valence-corrected chi connectivity index (χ0v) is 11.5. The molecule has 0 amide bonds. The molecule has 4 nitrogen and oxygen atoms in total. The van der Waals surface area contributed by atoms with Crippen molar-refractivity contribution in [3.63, 3.8) is 0 Å². The van der Waals surface area contributed by atoms with Crippen LogP contribution in [0.5, 0.6) is 0 Å². The molecular weight excluding hydrogens is 244 g/mol. The summed E-state index contributed by atoms with van der Waals surface area (Å²) in [5.41, 5.74) is 2.43. The summed E-state index contributed by atoms with van der Waals surface area (Å²) >= 11 is 1.71. The summed E-state index contributed by atoms with van der Waals surface area (Å²) in [6.45, 7) is 5.86. The van der Waals surface area contributed by atoms with Crippen LogP contribution in [0.2, 0.25) is 0 Å². The molecule has 2 aromatic heterocycles. The average Bonchev–Trinajstić information content (AvgIpc) is 2.90. The Hall–Kier alpha value is -1.62. The fraction of sp³-hybridized carbons (Fsp3) is 0.385. The number of nitrogens with one attached hydrogen (secondary N) is 2. The van der Waals surface area contributed by atoms with Crippen LogP contribution >= 0.6 is 11.3 Å². The SMILES string of the molecule is CCNc1ncnc(NCc2ccsc2)c1CC. The lowest BCUT2D eigenvalue weighted by molar-refractivity contribution is 1.00. The first-order valence-electron chi connectivity index (χ1n) is 6.17. The Balaban J connectivity index is 2.13. The Labute approximate surface area is 111 Å². The number of anilines is 2. The van der Waals surface area contributed by atoms with Gasteiger partial charge in [-0.1, -0.05) is 6.92 Å². The maximum atomic E-state index is 4.33. The molecular formula is C13H18N4S. The van der Waals surface area contributed by atoms with E-state index < -0.39 is 0 Å². The van der Waals surface area contributed by atoms with Crippen LogP contribution < -0.4 is 10.6 Å². The Bertz CT molecular complexity index is 482. The molecule has 0 spiro atoms. The summed E-state index contributed by atoms with van der Waals surface area (Å²) in [6, 6.07) is 2.12. The third-order valence-electron chi connectivity index (χ3n) is 2.68. The van der Waals surface area contributed by atoms with Gasteiger partial charge in [0.15, 0.2) is 0 Å². The summed E-state index contributed by atoms with van der Waals surface area (Å²) in [5.74, 6) is 1.86. The smallest absolute Gasteiger partial charge is 0.134 e. The molecule has 5 heteroatoms. The van der Waals surface area contributed by atoms with Crippen LogP contribution in [0.15, 0.2) is 23.2 Å². The van der Waals surface area contributed by atoms with Crippen LogP contribution in [0.1, 0.15) is 25.0 Å². The number of rotatable bonds is 6. The molecule has 2 N–H and O–H groups in total. The minimum atomic E-state index is 0.805. The van der Waals surface area contributed by atoms with Gasteiger partial charge in [0.25, 0.3) is 0 Å². The van der Waals surface area contributed by atoms with Crippen molar-refractivity contribution in [3.8, 4) is 0 Å². The quantitative estimate of drug-likeness (QED) is 0.839. The van der Waals surface area contributed by atoms with Gasteiger partial charge in [0.1, 0.15) is 18.0 Å². The minimum absolute atomic E-state index is 0.805. The van der Waals surface area contributed by atoms with Gasteiger partial charge in [-0.25, -0.2) is 9.97 Å². The second-order valence-electron chi connectivity index (χ2n) is 3.92. The molecule has 0 saturated heterocycles. The Kier molecular flexibility index (Phi) is 4.52. The van der Waals surface area contributed by atoms with Gasteiger partial charge >= 0.3 is 0 Å². The van der Waals surface area contributed by atoms with Crippen molar-refractivity contribution in [2.75, 3.05) is 17.2 Å². The number of hydrogen-bond donors (Lipinski definition) is 2. The van der Waals surface area contributed by atoms with E-state index in [0.29, 0.717) is 0 Å². The van der Waals surface area contributed by atoms with Gasteiger partial charge in [0.05, 0.1) is 0 Å². The zero-order valence-electron chi connectivity index (χ0n) is 10.7. The molecule has 0 unspecified atom stereocenters. The number of thiophene rings is 1. The maximum absolute atomic E-state index is 4.33. The van der Waals surface area contributed by atoms with Crippen LogP contribution in [0.3, 0.4) is 0 Å². The molecule has 0 radical (unpaired) electrons. The highest BCUT2D eigenvalue weighted by Gasteiger charge is 2.08. The molecule has 18 heavy (non-hydrogen) atoms. The number of aromatic nitrogens is 2. The standard InChI is InChI=1S/C13H18N4S/c1-3-11-12(14-4-2)16-9-17-13(11)15-7-10-5-6-18-8-10/h5-6,8-9H,3-4,7H2,1-2H3,(H2,14,15,16,17). The first kappa shape index (κ1) is 12.8. The van der Waals surface area contributed by atoms with Crippen LogP contribution in [0.4, 0.5) is 11.6 Å². The van der Waals surface area contributed by atoms with Gasteiger partial charge in [-0.2, -0.15) is 11.3 Å². The second kappa shape index (κ2) is 6.35. The maximum Gasteiger partial charge on any atom is 0.134 e.